The molecule has 2 rings (SSSR count). The summed E-state index contributed by atoms with van der Waals surface area (Å²) in [7, 11) is 0. The van der Waals surface area contributed by atoms with Crippen LogP contribution in [0.4, 0.5) is 5.69 Å². The van der Waals surface area contributed by atoms with Crippen LogP contribution >= 0.6 is 0 Å². The molecule has 2 aromatic rings. The van der Waals surface area contributed by atoms with Crippen molar-refractivity contribution in [1.29, 1.82) is 0 Å². The first-order valence-electron chi connectivity index (χ1n) is 5.02. The highest BCUT2D eigenvalue weighted by Gasteiger charge is 2.07. The molecule has 0 bridgehead atoms. The predicted octanol–water partition coefficient (Wildman–Crippen LogP) is 0.0770. The number of nitrogens with two attached hydrogens (primary N) is 1. The van der Waals surface area contributed by atoms with Crippen LogP contribution in [0.15, 0.2) is 21.9 Å². The number of anilines is 1. The molecular formula is C10H12N4O2. The summed E-state index contributed by atoms with van der Waals surface area (Å²) in [5.74, 6) is 0. The van der Waals surface area contributed by atoms with Gasteiger partial charge in [0.1, 0.15) is 5.65 Å². The zero-order chi connectivity index (χ0) is 11.7. The average molecular weight is 220 g/mol. The lowest BCUT2D eigenvalue weighted by atomic mass is 10.3. The molecule has 0 saturated heterocycles. The van der Waals surface area contributed by atoms with Crippen molar-refractivity contribution in [3.63, 3.8) is 0 Å². The van der Waals surface area contributed by atoms with Gasteiger partial charge in [-0.2, -0.15) is 0 Å². The fourth-order valence-electron chi connectivity index (χ4n) is 1.62. The predicted molar refractivity (Wildman–Crippen MR) is 61.3 cm³/mol. The third kappa shape index (κ3) is 1.58. The first kappa shape index (κ1) is 10.4. The van der Waals surface area contributed by atoms with Gasteiger partial charge in [0.25, 0.3) is 5.56 Å². The Kier molecular flexibility index (Phi) is 2.47. The van der Waals surface area contributed by atoms with Crippen molar-refractivity contribution >= 4 is 16.7 Å². The van der Waals surface area contributed by atoms with Crippen molar-refractivity contribution in [2.75, 3.05) is 5.73 Å². The number of H-pyrrole nitrogens is 1. The van der Waals surface area contributed by atoms with Gasteiger partial charge in [-0.15, -0.1) is 0 Å². The largest absolute Gasteiger partial charge is 0.397 e. The number of nitrogens with one attached hydrogen (secondary N) is 1. The highest BCUT2D eigenvalue weighted by atomic mass is 16.2. The summed E-state index contributed by atoms with van der Waals surface area (Å²) in [6.45, 7) is 2.46. The fourth-order valence-corrected chi connectivity index (χ4v) is 1.62. The smallest absolute Gasteiger partial charge is 0.329 e. The second-order valence-electron chi connectivity index (χ2n) is 3.55. The van der Waals surface area contributed by atoms with Crippen LogP contribution in [0, 0.1) is 0 Å². The summed E-state index contributed by atoms with van der Waals surface area (Å²) in [4.78, 5) is 29.4. The van der Waals surface area contributed by atoms with Gasteiger partial charge < -0.3 is 5.73 Å². The lowest BCUT2D eigenvalue weighted by Crippen LogP contribution is -2.30. The van der Waals surface area contributed by atoms with E-state index in [1.54, 1.807) is 0 Å². The van der Waals surface area contributed by atoms with Gasteiger partial charge in [-0.25, -0.2) is 9.78 Å². The van der Waals surface area contributed by atoms with Crippen LogP contribution in [-0.4, -0.2) is 14.5 Å². The monoisotopic (exact) mass is 220 g/mol. The Morgan fingerprint density at radius 3 is 2.94 bits per heavy atom. The van der Waals surface area contributed by atoms with Crippen molar-refractivity contribution < 1.29 is 0 Å². The molecule has 0 aliphatic carbocycles. The standard InChI is InChI=1S/C10H12N4O2/c1-2-3-14-8-7(4-6(11)5-12-8)9(15)13-10(14)16/h4-5H,2-3,11H2,1H3,(H,13,15,16). The number of nitrogens with zero attached hydrogens (tertiary/aromatic N) is 2. The summed E-state index contributed by atoms with van der Waals surface area (Å²) >= 11 is 0. The van der Waals surface area contributed by atoms with E-state index < -0.39 is 11.2 Å². The van der Waals surface area contributed by atoms with E-state index in [-0.39, 0.29) is 0 Å². The van der Waals surface area contributed by atoms with Gasteiger partial charge >= 0.3 is 5.69 Å². The van der Waals surface area contributed by atoms with Crippen LogP contribution < -0.4 is 17.0 Å². The quantitative estimate of drug-likeness (QED) is 0.749. The molecule has 0 amide bonds. The summed E-state index contributed by atoms with van der Waals surface area (Å²) in [5.41, 5.74) is 5.45. The molecule has 0 radical (unpaired) electrons. The molecule has 0 aromatic carbocycles. The number of hydrogen-bond donors (Lipinski definition) is 2. The van der Waals surface area contributed by atoms with Gasteiger partial charge in [0, 0.05) is 6.54 Å². The van der Waals surface area contributed by atoms with Gasteiger partial charge in [-0.05, 0) is 12.5 Å². The first-order chi connectivity index (χ1) is 7.63. The topological polar surface area (TPSA) is 93.8 Å². The molecule has 0 atom stereocenters. The highest BCUT2D eigenvalue weighted by molar-refractivity contribution is 5.76. The summed E-state index contributed by atoms with van der Waals surface area (Å²) in [6.07, 6.45) is 2.22. The zero-order valence-corrected chi connectivity index (χ0v) is 8.86. The number of aromatic amines is 1. The van der Waals surface area contributed by atoms with Crippen molar-refractivity contribution in [2.45, 2.75) is 19.9 Å². The van der Waals surface area contributed by atoms with Crippen LogP contribution in [0.1, 0.15) is 13.3 Å². The Balaban J connectivity index is 2.90. The number of hydrogen-bond acceptors (Lipinski definition) is 4. The fraction of sp³-hybridized carbons (Fsp3) is 0.300. The van der Waals surface area contributed by atoms with E-state index in [1.807, 2.05) is 6.92 Å². The Bertz CT molecular complexity index is 641. The van der Waals surface area contributed by atoms with Gasteiger partial charge in [0.05, 0.1) is 17.3 Å². The third-order valence-electron chi connectivity index (χ3n) is 2.30. The van der Waals surface area contributed by atoms with Crippen molar-refractivity contribution in [2.24, 2.45) is 0 Å². The van der Waals surface area contributed by atoms with E-state index in [1.165, 1.54) is 16.8 Å². The average Bonchev–Trinajstić information content (AvgIpc) is 2.24. The Labute approximate surface area is 90.7 Å². The summed E-state index contributed by atoms with van der Waals surface area (Å²) in [5, 5.41) is 0.341. The minimum atomic E-state index is -0.452. The highest BCUT2D eigenvalue weighted by Crippen LogP contribution is 2.08. The van der Waals surface area contributed by atoms with E-state index in [4.69, 9.17) is 5.73 Å². The molecular weight excluding hydrogens is 208 g/mol. The zero-order valence-electron chi connectivity index (χ0n) is 8.86. The third-order valence-corrected chi connectivity index (χ3v) is 2.30. The SMILES string of the molecule is CCCn1c(=O)[nH]c(=O)c2cc(N)cnc21. The minimum Gasteiger partial charge on any atom is -0.397 e. The number of nitrogen functional groups attached to an aromatic ring is 1. The van der Waals surface area contributed by atoms with Gasteiger partial charge in [0.15, 0.2) is 0 Å². The molecule has 0 fully saturated rings. The molecule has 16 heavy (non-hydrogen) atoms. The van der Waals surface area contributed by atoms with Gasteiger partial charge in [0.2, 0.25) is 0 Å². The number of rotatable bonds is 2. The lowest BCUT2D eigenvalue weighted by molar-refractivity contribution is 0.651. The van der Waals surface area contributed by atoms with Crippen LogP contribution in [0.5, 0.6) is 0 Å². The van der Waals surface area contributed by atoms with Crippen LogP contribution in [0.2, 0.25) is 0 Å². The van der Waals surface area contributed by atoms with E-state index in [2.05, 4.69) is 9.97 Å². The van der Waals surface area contributed by atoms with Crippen molar-refractivity contribution in [3.8, 4) is 0 Å². The summed E-state index contributed by atoms with van der Waals surface area (Å²) in [6, 6.07) is 1.52. The van der Waals surface area contributed by atoms with Crippen LogP contribution in [0.25, 0.3) is 11.0 Å². The summed E-state index contributed by atoms with van der Waals surface area (Å²) < 4.78 is 1.44. The molecule has 0 aliphatic rings. The van der Waals surface area contributed by atoms with Gasteiger partial charge in [-0.3, -0.25) is 14.3 Å². The number of aryl methyl sites for hydroxylation is 1. The maximum Gasteiger partial charge on any atom is 0.329 e. The number of aromatic nitrogens is 3. The molecule has 2 aromatic heterocycles. The molecule has 0 saturated carbocycles. The number of pyridine rings is 1. The van der Waals surface area contributed by atoms with E-state index in [0.717, 1.165) is 6.42 Å². The minimum absolute atomic E-state index is 0.341. The van der Waals surface area contributed by atoms with Crippen molar-refractivity contribution in [1.82, 2.24) is 14.5 Å². The molecule has 6 heteroatoms. The molecule has 3 N–H and O–H groups in total. The van der Waals surface area contributed by atoms with E-state index in [9.17, 15) is 9.59 Å². The normalized spacial score (nSPS) is 10.8. The molecule has 6 nitrogen and oxygen atoms in total. The van der Waals surface area contributed by atoms with Crippen molar-refractivity contribution in [3.05, 3.63) is 33.1 Å². The van der Waals surface area contributed by atoms with E-state index in [0.29, 0.717) is 23.3 Å². The molecule has 0 spiro atoms. The molecule has 0 aliphatic heterocycles. The molecule has 0 unspecified atom stereocenters. The second kappa shape index (κ2) is 3.80. The van der Waals surface area contributed by atoms with Crippen LogP contribution in [0.3, 0.4) is 0 Å². The van der Waals surface area contributed by atoms with Gasteiger partial charge in [-0.1, -0.05) is 6.92 Å². The Morgan fingerprint density at radius 1 is 1.50 bits per heavy atom. The maximum absolute atomic E-state index is 11.6. The molecule has 2 heterocycles. The first-order valence-corrected chi connectivity index (χ1v) is 5.02. The molecule has 84 valence electrons. The Hall–Kier alpha value is -2.11. The van der Waals surface area contributed by atoms with E-state index >= 15 is 0 Å². The maximum atomic E-state index is 11.6. The number of fused-ring (bicyclic) bond motifs is 1. The second-order valence-corrected chi connectivity index (χ2v) is 3.55. The van der Waals surface area contributed by atoms with Crippen LogP contribution in [-0.2, 0) is 6.54 Å². The lowest BCUT2D eigenvalue weighted by Gasteiger charge is -2.06. The Morgan fingerprint density at radius 2 is 2.25 bits per heavy atom.